The minimum absolute atomic E-state index is 0.629. The van der Waals surface area contributed by atoms with E-state index in [-0.39, 0.29) is 0 Å². The molecule has 1 heteroatoms. The maximum atomic E-state index is 6.60. The van der Waals surface area contributed by atoms with Crippen molar-refractivity contribution in [1.82, 2.24) is 0 Å². The van der Waals surface area contributed by atoms with Gasteiger partial charge in [0.25, 0.3) is 0 Å². The van der Waals surface area contributed by atoms with Crippen LogP contribution in [0.15, 0.2) is 29.5 Å². The fourth-order valence-electron chi connectivity index (χ4n) is 0.549. The van der Waals surface area contributed by atoms with Gasteiger partial charge in [-0.05, 0) is 18.1 Å². The summed E-state index contributed by atoms with van der Waals surface area (Å²) in [6.07, 6.45) is 6.82. The van der Waals surface area contributed by atoms with Gasteiger partial charge in [-0.1, -0.05) is 6.58 Å². The standard InChI is InChI=1S/C8H5N/c1-7-3-5-8(9-2)6-4-7/h1,3-6H. The van der Waals surface area contributed by atoms with Crippen LogP contribution < -0.4 is 0 Å². The van der Waals surface area contributed by atoms with Crippen molar-refractivity contribution in [3.05, 3.63) is 53.9 Å². The number of rotatable bonds is 0. The smallest absolute Gasteiger partial charge is 0.146 e. The van der Waals surface area contributed by atoms with E-state index in [0.29, 0.717) is 11.3 Å². The number of hydrogen-bond donors (Lipinski definition) is 0. The second-order valence-electron chi connectivity index (χ2n) is 1.70. The Hall–Kier alpha value is -1.42. The van der Waals surface area contributed by atoms with Crippen molar-refractivity contribution in [2.75, 3.05) is 0 Å². The van der Waals surface area contributed by atoms with E-state index in [4.69, 9.17) is 13.2 Å². The van der Waals surface area contributed by atoms with Gasteiger partial charge in [-0.3, -0.25) is 0 Å². The highest BCUT2D eigenvalue weighted by Gasteiger charge is 2.02. The average Bonchev–Trinajstić information content (AvgIpc) is 1.90. The third-order valence-electron chi connectivity index (χ3n) is 1.02. The summed E-state index contributed by atoms with van der Waals surface area (Å²) in [6, 6.07) is 0. The van der Waals surface area contributed by atoms with Crippen LogP contribution in [-0.4, -0.2) is 0 Å². The lowest BCUT2D eigenvalue weighted by molar-refractivity contribution is 1.48. The topological polar surface area (TPSA) is 4.36 Å². The Kier molecular flexibility index (Phi) is 1.42. The summed E-state index contributed by atoms with van der Waals surface area (Å²) >= 11 is 0. The van der Waals surface area contributed by atoms with Crippen molar-refractivity contribution in [1.29, 1.82) is 0 Å². The molecule has 9 heavy (non-hydrogen) atoms. The molecule has 1 nitrogen and oxygen atoms in total. The number of hydrogen-bond acceptors (Lipinski definition) is 0. The molecule has 0 radical (unpaired) electrons. The molecule has 1 rings (SSSR count). The Morgan fingerprint density at radius 2 is 2.33 bits per heavy atom. The molecule has 0 aliphatic heterocycles. The highest BCUT2D eigenvalue weighted by Crippen LogP contribution is 2.12. The Balaban J connectivity index is 2.77. The van der Waals surface area contributed by atoms with E-state index < -0.39 is 0 Å². The molecule has 0 saturated carbocycles. The first kappa shape index (κ1) is 5.71. The van der Waals surface area contributed by atoms with Crippen LogP contribution in [0.3, 0.4) is 0 Å². The normalized spacial score (nSPS) is 15.9. The lowest BCUT2D eigenvalue weighted by atomic mass is 10.1. The summed E-state index contributed by atoms with van der Waals surface area (Å²) in [5.74, 6) is 0. The molecular formula is C8H5N. The van der Waals surface area contributed by atoms with Crippen LogP contribution >= 0.6 is 0 Å². The van der Waals surface area contributed by atoms with Gasteiger partial charge in [-0.2, -0.15) is 0 Å². The minimum atomic E-state index is 0.629. The SMILES string of the molecule is [C-]#[N+]C1=C[CH+]C(=[CH-])C=C1. The van der Waals surface area contributed by atoms with Crippen molar-refractivity contribution in [3.63, 3.8) is 0 Å². The Morgan fingerprint density at radius 3 is 2.78 bits per heavy atom. The molecule has 0 atom stereocenters. The van der Waals surface area contributed by atoms with Crippen molar-refractivity contribution in [2.45, 2.75) is 0 Å². The molecule has 0 fully saturated rings. The predicted molar refractivity (Wildman–Crippen MR) is 35.9 cm³/mol. The van der Waals surface area contributed by atoms with E-state index in [1.54, 1.807) is 24.6 Å². The van der Waals surface area contributed by atoms with Gasteiger partial charge in [-0.15, -0.1) is 4.85 Å². The molecule has 42 valence electrons. The Labute approximate surface area is 54.8 Å². The van der Waals surface area contributed by atoms with Crippen LogP contribution in [0.5, 0.6) is 0 Å². The molecule has 0 unspecified atom stereocenters. The van der Waals surface area contributed by atoms with Gasteiger partial charge in [0.1, 0.15) is 6.57 Å². The summed E-state index contributed by atoms with van der Waals surface area (Å²) in [5.41, 5.74) is 1.33. The third-order valence-corrected chi connectivity index (χ3v) is 1.02. The second-order valence-corrected chi connectivity index (χ2v) is 1.70. The zero-order valence-electron chi connectivity index (χ0n) is 4.83. The van der Waals surface area contributed by atoms with Gasteiger partial charge >= 0.3 is 5.70 Å². The quantitative estimate of drug-likeness (QED) is 0.425. The molecule has 0 spiro atoms. The summed E-state index contributed by atoms with van der Waals surface area (Å²) in [7, 11) is 0. The van der Waals surface area contributed by atoms with E-state index in [9.17, 15) is 0 Å². The molecule has 1 aliphatic carbocycles. The maximum Gasteiger partial charge on any atom is 0.314 e. The van der Waals surface area contributed by atoms with Crippen molar-refractivity contribution < 1.29 is 0 Å². The lowest BCUT2D eigenvalue weighted by Crippen LogP contribution is -1.82. The highest BCUT2D eigenvalue weighted by atomic mass is 14.6. The summed E-state index contributed by atoms with van der Waals surface area (Å²) in [5, 5.41) is 0. The molecule has 1 aliphatic rings. The minimum Gasteiger partial charge on any atom is -0.146 e. The zero-order chi connectivity index (χ0) is 6.69. The van der Waals surface area contributed by atoms with E-state index >= 15 is 0 Å². The molecule has 0 bridgehead atoms. The van der Waals surface area contributed by atoms with Crippen LogP contribution in [0.2, 0.25) is 0 Å². The summed E-state index contributed by atoms with van der Waals surface area (Å²) in [4.78, 5) is 3.21. The molecule has 0 N–H and O–H groups in total. The summed E-state index contributed by atoms with van der Waals surface area (Å²) < 4.78 is 0. The van der Waals surface area contributed by atoms with Gasteiger partial charge in [-0.25, -0.2) is 0 Å². The largest absolute Gasteiger partial charge is 0.314 e. The predicted octanol–water partition coefficient (Wildman–Crippen LogP) is 1.92. The third kappa shape index (κ3) is 1.23. The van der Waals surface area contributed by atoms with Crippen molar-refractivity contribution in [2.24, 2.45) is 0 Å². The number of allylic oxidation sites excluding steroid dienone is 4. The van der Waals surface area contributed by atoms with E-state index in [1.807, 2.05) is 0 Å². The molecule has 0 amide bonds. The highest BCUT2D eigenvalue weighted by molar-refractivity contribution is 5.43. The first-order valence-corrected chi connectivity index (χ1v) is 2.56. The first-order valence-electron chi connectivity index (χ1n) is 2.56. The molecular weight excluding hydrogens is 110 g/mol. The van der Waals surface area contributed by atoms with Gasteiger partial charge in [0, 0.05) is 12.2 Å². The van der Waals surface area contributed by atoms with Crippen LogP contribution in [0.25, 0.3) is 4.85 Å². The molecule has 0 aromatic heterocycles. The van der Waals surface area contributed by atoms with E-state index in [0.717, 1.165) is 0 Å². The Bertz CT molecular complexity index is 225. The summed E-state index contributed by atoms with van der Waals surface area (Å²) in [6.45, 7) is 12.0. The van der Waals surface area contributed by atoms with Crippen molar-refractivity contribution in [3.8, 4) is 0 Å². The second kappa shape index (κ2) is 2.23. The van der Waals surface area contributed by atoms with Crippen molar-refractivity contribution >= 4 is 0 Å². The fourth-order valence-corrected chi connectivity index (χ4v) is 0.549. The van der Waals surface area contributed by atoms with Gasteiger partial charge < -0.3 is 0 Å². The number of nitrogens with zero attached hydrogens (tertiary/aromatic N) is 1. The van der Waals surface area contributed by atoms with E-state index in [1.165, 1.54) is 0 Å². The van der Waals surface area contributed by atoms with Crippen LogP contribution in [0, 0.1) is 19.6 Å². The Morgan fingerprint density at radius 1 is 1.56 bits per heavy atom. The molecule has 0 aromatic rings. The van der Waals surface area contributed by atoms with Crippen LogP contribution in [0.4, 0.5) is 0 Å². The van der Waals surface area contributed by atoms with Crippen LogP contribution in [0.1, 0.15) is 0 Å². The van der Waals surface area contributed by atoms with Gasteiger partial charge in [0.2, 0.25) is 0 Å². The zero-order valence-corrected chi connectivity index (χ0v) is 4.83. The fraction of sp³-hybridized carbons (Fsp3) is 0. The van der Waals surface area contributed by atoms with Gasteiger partial charge in [0.15, 0.2) is 0 Å². The average molecular weight is 115 g/mol. The molecule has 0 saturated heterocycles. The molecule has 0 aromatic carbocycles. The van der Waals surface area contributed by atoms with E-state index in [2.05, 4.69) is 4.85 Å². The first-order chi connectivity index (χ1) is 4.33. The monoisotopic (exact) mass is 115 g/mol. The van der Waals surface area contributed by atoms with Gasteiger partial charge in [0.05, 0.1) is 0 Å². The molecule has 0 heterocycles. The maximum absolute atomic E-state index is 6.60. The lowest BCUT2D eigenvalue weighted by Gasteiger charge is -1.94. The van der Waals surface area contributed by atoms with Crippen LogP contribution in [-0.2, 0) is 0 Å².